The van der Waals surface area contributed by atoms with Gasteiger partial charge < -0.3 is 32.3 Å². The van der Waals surface area contributed by atoms with Crippen molar-refractivity contribution in [3.05, 3.63) is 216 Å². The molecule has 8 aromatic rings. The minimum Gasteiger partial charge on any atom is -0.384 e. The fourth-order valence-corrected chi connectivity index (χ4v) is 10.2. The van der Waals surface area contributed by atoms with Crippen LogP contribution < -0.4 is 32.3 Å². The van der Waals surface area contributed by atoms with Crippen molar-refractivity contribution in [2.24, 2.45) is 0 Å². The number of nitrogens with one attached hydrogen (secondary N) is 5. The topological polar surface area (TPSA) is 249 Å². The smallest absolute Gasteiger partial charge is 0.251 e. The number of benzene rings is 5. The Balaban J connectivity index is 0.000000165. The molecule has 3 aromatic heterocycles. The van der Waals surface area contributed by atoms with Gasteiger partial charge in [-0.05, 0) is 149 Å². The molecular weight excluding hydrogens is 1280 g/mol. The van der Waals surface area contributed by atoms with E-state index >= 15 is 0 Å². The van der Waals surface area contributed by atoms with Gasteiger partial charge in [0.15, 0.2) is 11.6 Å². The first kappa shape index (κ1) is 65.4. The van der Waals surface area contributed by atoms with Crippen LogP contribution in [0, 0.1) is 0 Å². The van der Waals surface area contributed by atoms with E-state index < -0.39 is 0 Å². The van der Waals surface area contributed by atoms with Crippen molar-refractivity contribution < 1.29 is 24.0 Å². The van der Waals surface area contributed by atoms with E-state index in [2.05, 4.69) is 132 Å². The summed E-state index contributed by atoms with van der Waals surface area (Å²) in [6, 6.07) is 35.8. The molecule has 17 nitrogen and oxygen atoms in total. The number of aromatic nitrogens is 6. The largest absolute Gasteiger partial charge is 0.384 e. The van der Waals surface area contributed by atoms with E-state index in [1.54, 1.807) is 36.8 Å². The number of Topliss-reactive ketones (excluding diaryl/α,β-unsaturated/α-hetero) is 2. The third kappa shape index (κ3) is 18.9. The van der Waals surface area contributed by atoms with Gasteiger partial charge in [-0.25, -0.2) is 29.9 Å². The number of nitrogen functional groups attached to an aromatic ring is 1. The van der Waals surface area contributed by atoms with Gasteiger partial charge in [0.2, 0.25) is 0 Å². The van der Waals surface area contributed by atoms with Crippen molar-refractivity contribution in [3.63, 3.8) is 0 Å². The van der Waals surface area contributed by atoms with E-state index in [4.69, 9.17) is 17.3 Å². The number of rotatable bonds is 8. The van der Waals surface area contributed by atoms with Crippen molar-refractivity contribution in [2.75, 3.05) is 41.9 Å². The Bertz CT molecular complexity index is 3410. The van der Waals surface area contributed by atoms with Crippen LogP contribution in [-0.4, -0.2) is 84.7 Å². The van der Waals surface area contributed by atoms with Crippen LogP contribution in [0.25, 0.3) is 0 Å². The second kappa shape index (κ2) is 32.3. The van der Waals surface area contributed by atoms with Gasteiger partial charge >= 0.3 is 0 Å². The lowest BCUT2D eigenvalue weighted by molar-refractivity contribution is 0.0933. The molecule has 21 heteroatoms. The number of anilines is 5. The molecule has 0 saturated carbocycles. The van der Waals surface area contributed by atoms with Gasteiger partial charge in [0, 0.05) is 110 Å². The summed E-state index contributed by atoms with van der Waals surface area (Å²) in [5.41, 5.74) is 15.5. The van der Waals surface area contributed by atoms with Gasteiger partial charge in [-0.15, -0.1) is 11.6 Å². The predicted octanol–water partition coefficient (Wildman–Crippen LogP) is 13.9. The molecule has 0 bridgehead atoms. The molecule has 0 spiro atoms. The minimum atomic E-state index is 0. The highest BCUT2D eigenvalue weighted by atomic mass is 79.9. The number of halogens is 4. The van der Waals surface area contributed by atoms with Crippen LogP contribution in [0.15, 0.2) is 166 Å². The van der Waals surface area contributed by atoms with Gasteiger partial charge in [0.25, 0.3) is 17.7 Å². The number of hydrogen-bond acceptors (Lipinski definition) is 14. The summed E-state index contributed by atoms with van der Waals surface area (Å²) >= 11 is 15.6. The van der Waals surface area contributed by atoms with Crippen molar-refractivity contribution in [1.82, 2.24) is 45.9 Å². The van der Waals surface area contributed by atoms with Crippen molar-refractivity contribution in [3.8, 4) is 0 Å². The van der Waals surface area contributed by atoms with Gasteiger partial charge in [0.1, 0.15) is 36.4 Å². The molecule has 1 aliphatic carbocycles. The van der Waals surface area contributed by atoms with Gasteiger partial charge in [-0.2, -0.15) is 0 Å². The van der Waals surface area contributed by atoms with Crippen LogP contribution >= 0.6 is 59.4 Å². The van der Waals surface area contributed by atoms with Crippen molar-refractivity contribution in [1.29, 1.82) is 0 Å². The number of hydrogen-bond donors (Lipinski definition) is 6. The lowest BCUT2D eigenvalue weighted by atomic mass is 9.91. The van der Waals surface area contributed by atoms with E-state index in [1.165, 1.54) is 24.5 Å². The molecular formula is C63H66Br3ClN12O5. The minimum absolute atomic E-state index is 0. The highest BCUT2D eigenvalue weighted by molar-refractivity contribution is 9.11. The lowest BCUT2D eigenvalue weighted by Gasteiger charge is -2.23. The zero-order valence-electron chi connectivity index (χ0n) is 46.0. The normalized spacial score (nSPS) is 16.4. The summed E-state index contributed by atoms with van der Waals surface area (Å²) in [4.78, 5) is 81.0. The first-order chi connectivity index (χ1) is 40.0. The number of nitrogens with two attached hydrogens (primary N) is 1. The number of carbonyl (C=O) groups is 5. The summed E-state index contributed by atoms with van der Waals surface area (Å²) in [5.74, 6) is 4.46. The van der Waals surface area contributed by atoms with E-state index in [0.717, 1.165) is 93.9 Å². The first-order valence-corrected chi connectivity index (χ1v) is 29.6. The summed E-state index contributed by atoms with van der Waals surface area (Å²) in [5, 5.41) is 15.0. The Labute approximate surface area is 520 Å². The van der Waals surface area contributed by atoms with Crippen LogP contribution in [0.2, 0.25) is 0 Å². The average Bonchev–Trinajstić information content (AvgIpc) is 3.29. The molecule has 12 rings (SSSR count). The van der Waals surface area contributed by atoms with Crippen LogP contribution in [-0.2, 0) is 0 Å². The van der Waals surface area contributed by atoms with Gasteiger partial charge in [-0.1, -0.05) is 101 Å². The fourth-order valence-electron chi connectivity index (χ4n) is 9.04. The molecule has 6 heterocycles. The molecule has 4 atom stereocenters. The molecule has 3 amide bonds. The Hall–Kier alpha value is -7.78. The van der Waals surface area contributed by atoms with Crippen molar-refractivity contribution >= 4 is 118 Å². The predicted molar refractivity (Wildman–Crippen MR) is 343 cm³/mol. The monoisotopic (exact) mass is 1340 g/mol. The Morgan fingerprint density at radius 1 is 0.536 bits per heavy atom. The molecule has 0 fully saturated rings. The average molecular weight is 1350 g/mol. The summed E-state index contributed by atoms with van der Waals surface area (Å²) in [7, 11) is 0. The number of fused-ring (bicyclic) bond motifs is 4. The Morgan fingerprint density at radius 3 is 1.35 bits per heavy atom. The maximum atomic E-state index is 11.7. The van der Waals surface area contributed by atoms with Gasteiger partial charge in [-0.3, -0.25) is 24.0 Å². The third-order valence-electron chi connectivity index (χ3n) is 13.5. The Morgan fingerprint density at radius 2 is 0.940 bits per heavy atom. The summed E-state index contributed by atoms with van der Waals surface area (Å²) < 4.78 is 3.08. The molecule has 0 saturated heterocycles. The van der Waals surface area contributed by atoms with E-state index in [1.807, 2.05) is 97.1 Å². The zero-order chi connectivity index (χ0) is 59.4. The van der Waals surface area contributed by atoms with Crippen LogP contribution in [0.4, 0.5) is 28.8 Å². The first-order valence-electron chi connectivity index (χ1n) is 26.6. The quantitative estimate of drug-likeness (QED) is 0.0612. The molecule has 436 valence electrons. The molecule has 4 aliphatic rings. The molecule has 7 N–H and O–H groups in total. The van der Waals surface area contributed by atoms with Crippen LogP contribution in [0.3, 0.4) is 0 Å². The zero-order valence-corrected chi connectivity index (χ0v) is 51.5. The summed E-state index contributed by atoms with van der Waals surface area (Å²) in [6.07, 6.45) is 11.3. The molecule has 4 unspecified atom stereocenters. The van der Waals surface area contributed by atoms with E-state index in [-0.39, 0.29) is 36.7 Å². The fraction of sp³-hybridized carbons (Fsp3) is 0.254. The van der Waals surface area contributed by atoms with Crippen LogP contribution in [0.1, 0.15) is 152 Å². The van der Waals surface area contributed by atoms with E-state index in [9.17, 15) is 24.0 Å². The van der Waals surface area contributed by atoms with Crippen LogP contribution in [0.5, 0.6) is 0 Å². The standard InChI is InChI=1S/2C14H14N4O.C10H10BrClO.C10H10BrNO.C10H9BrO.C4H5N3.CH4/c2*1-9-7-16-14(19)11-3-2-10(6-12(9)11)18-13-4-5-15-8-17-13;11-9-5-3-8(4-6-9)10(13)2-1-7-12;1-6-5-12-10(13)8-3-2-7(11)4-9(6)8;1-6-4-10(12)8-3-2-7(11)5-9(6)8;5-4-1-2-6-3-7-4;/h2*2-6,8-9H,7H2,1H3,(H,16,19)(H,15,17,18);3-6H,1-2,7H2;2-4,6H,5H2,1H3,(H,12,13);2-3,5-6H,4H2,1H3;1-3H,(H2,5,6,7);1H4. The number of amides is 3. The SMILES string of the molecule is C.CC1CC(=O)c2ccc(Br)cc21.CC1CNC(=O)c2ccc(Br)cc21.CC1CNC(=O)c2ccc(Nc3ccncn3)cc21.CC1CNC(=O)c2ccc(Nc3ccncn3)cc21.Nc1ccncn1.O=C(CCCCl)c1ccc(Br)cc1. The summed E-state index contributed by atoms with van der Waals surface area (Å²) in [6.45, 7) is 10.5. The van der Waals surface area contributed by atoms with Crippen molar-refractivity contribution in [2.45, 2.75) is 78.1 Å². The number of carbonyl (C=O) groups excluding carboxylic acids is 5. The maximum Gasteiger partial charge on any atom is 0.251 e. The number of ketones is 2. The number of alkyl halides is 1. The molecule has 0 radical (unpaired) electrons. The lowest BCUT2D eigenvalue weighted by Crippen LogP contribution is -2.33. The van der Waals surface area contributed by atoms with E-state index in [0.29, 0.717) is 61.3 Å². The second-order valence-corrected chi connectivity index (χ2v) is 22.8. The second-order valence-electron chi connectivity index (χ2n) is 19.7. The highest BCUT2D eigenvalue weighted by Gasteiger charge is 2.27. The third-order valence-corrected chi connectivity index (χ3v) is 15.3. The highest BCUT2D eigenvalue weighted by Crippen LogP contribution is 2.35. The molecule has 5 aromatic carbocycles. The maximum absolute atomic E-state index is 11.7. The number of nitrogens with zero attached hydrogens (tertiary/aromatic N) is 6. The van der Waals surface area contributed by atoms with Gasteiger partial charge in [0.05, 0.1) is 0 Å². The Kier molecular flexibility index (Phi) is 25.2. The molecule has 3 aliphatic heterocycles. The molecule has 84 heavy (non-hydrogen) atoms.